The van der Waals surface area contributed by atoms with Crippen molar-refractivity contribution in [3.05, 3.63) is 0 Å². The predicted molar refractivity (Wildman–Crippen MR) is 188 cm³/mol. The third-order valence-electron chi connectivity index (χ3n) is 9.63. The van der Waals surface area contributed by atoms with Crippen LogP contribution in [0.2, 0.25) is 0 Å². The van der Waals surface area contributed by atoms with Crippen molar-refractivity contribution in [2.24, 2.45) is 11.8 Å². The Labute approximate surface area is 281 Å². The van der Waals surface area contributed by atoms with Crippen LogP contribution in [0.25, 0.3) is 0 Å². The van der Waals surface area contributed by atoms with Crippen molar-refractivity contribution < 1.29 is 19.1 Å². The summed E-state index contributed by atoms with van der Waals surface area (Å²) in [5.74, 6) is 2.13. The molecule has 0 bridgehead atoms. The van der Waals surface area contributed by atoms with Gasteiger partial charge in [-0.25, -0.2) is 0 Å². The second-order valence-corrected chi connectivity index (χ2v) is 16.7. The first-order chi connectivity index (χ1) is 22.3. The summed E-state index contributed by atoms with van der Waals surface area (Å²) in [5, 5.41) is 13.9. The minimum absolute atomic E-state index is 0.126. The second-order valence-electron chi connectivity index (χ2n) is 14.9. The van der Waals surface area contributed by atoms with Gasteiger partial charge in [0.25, 0.3) is 0 Å². The summed E-state index contributed by atoms with van der Waals surface area (Å²) >= 11 is 0. The third-order valence-corrected chi connectivity index (χ3v) is 10.5. The zero-order valence-electron chi connectivity index (χ0n) is 28.9. The molecule has 1 atom stereocenters. The van der Waals surface area contributed by atoms with E-state index in [0.717, 1.165) is 38.1 Å². The van der Waals surface area contributed by atoms with Gasteiger partial charge in [0.1, 0.15) is 6.04 Å². The van der Waals surface area contributed by atoms with Gasteiger partial charge in [-0.2, -0.15) is 15.0 Å². The van der Waals surface area contributed by atoms with Crippen molar-refractivity contribution in [2.45, 2.75) is 109 Å². The molecule has 1 amide bonds. The average molecular weight is 681 g/mol. The number of amides is 1. The van der Waals surface area contributed by atoms with E-state index in [1.165, 1.54) is 64.2 Å². The van der Waals surface area contributed by atoms with Crippen LogP contribution in [0.3, 0.4) is 0 Å². The molecule has 1 aromatic heterocycles. The number of hydrogen-bond acceptors (Lipinski definition) is 11. The first kappa shape index (κ1) is 37.7. The van der Waals surface area contributed by atoms with Crippen molar-refractivity contribution in [2.75, 3.05) is 74.5 Å². The monoisotopic (exact) mass is 680 g/mol. The van der Waals surface area contributed by atoms with E-state index in [4.69, 9.17) is 5.73 Å². The molecule has 2 heterocycles. The molecule has 0 aromatic carbocycles. The summed E-state index contributed by atoms with van der Waals surface area (Å²) in [6, 6.07) is 0.210. The molecule has 1 aromatic rings. The summed E-state index contributed by atoms with van der Waals surface area (Å²) in [5.41, 5.74) is 5.69. The van der Waals surface area contributed by atoms with Gasteiger partial charge in [0, 0.05) is 37.8 Å². The molecule has 268 valence electrons. The molecule has 3 fully saturated rings. The Morgan fingerprint density at radius 1 is 0.936 bits per heavy atom. The van der Waals surface area contributed by atoms with Crippen molar-refractivity contribution in [3.8, 4) is 0 Å². The fourth-order valence-corrected chi connectivity index (χ4v) is 7.61. The summed E-state index contributed by atoms with van der Waals surface area (Å²) in [6.07, 6.45) is 12.9. The fourth-order valence-electron chi connectivity index (χ4n) is 7.06. The second kappa shape index (κ2) is 18.1. The van der Waals surface area contributed by atoms with Crippen LogP contribution in [-0.4, -0.2) is 112 Å². The molecule has 4 rings (SSSR count). The lowest BCUT2D eigenvalue weighted by molar-refractivity contribution is -0.128. The Morgan fingerprint density at radius 2 is 1.64 bits per heavy atom. The van der Waals surface area contributed by atoms with Gasteiger partial charge in [-0.15, -0.1) is 0 Å². The maximum Gasteiger partial charge on any atom is 0.325 e. The lowest BCUT2D eigenvalue weighted by atomic mass is 9.82. The molecule has 0 unspecified atom stereocenters. The Morgan fingerprint density at radius 3 is 2.32 bits per heavy atom. The van der Waals surface area contributed by atoms with Crippen LogP contribution in [0.5, 0.6) is 0 Å². The normalized spacial score (nSPS) is 23.5. The molecule has 1 aliphatic heterocycles. The van der Waals surface area contributed by atoms with Crippen molar-refractivity contribution in [3.63, 3.8) is 0 Å². The van der Waals surface area contributed by atoms with Gasteiger partial charge in [-0.05, 0) is 110 Å². The molecule has 15 heteroatoms. The van der Waals surface area contributed by atoms with E-state index in [-0.39, 0.29) is 18.0 Å². The standard InChI is InChI=1S/C32H61N10O4P/c1-32(2,3)40-28(43)27-23-42(19-18-41(27)17-8-20-47(44,45)46)31-38-29(33)37-30(39-31)36-22-25-13-11-24(12-14-25)21-34-15-7-16-35-26-9-5-4-6-10-26/h24-27,34-35H,4-23H2,1-3H3,(H,40,43)(H2,44,45,46)(H3,33,36,37,38,39)/t24?,25?,27-/m0/s1. The van der Waals surface area contributed by atoms with Crippen LogP contribution >= 0.6 is 7.60 Å². The summed E-state index contributed by atoms with van der Waals surface area (Å²) in [7, 11) is -4.10. The Bertz CT molecular complexity index is 1150. The molecular formula is C32H61N10O4P. The highest BCUT2D eigenvalue weighted by Crippen LogP contribution is 2.35. The number of carbonyl (C=O) groups excluding carboxylic acids is 1. The molecule has 14 nitrogen and oxygen atoms in total. The van der Waals surface area contributed by atoms with Gasteiger partial charge in [0.05, 0.1) is 6.16 Å². The number of anilines is 3. The number of nitrogen functional groups attached to an aromatic ring is 1. The van der Waals surface area contributed by atoms with E-state index in [9.17, 15) is 19.1 Å². The van der Waals surface area contributed by atoms with Crippen molar-refractivity contribution in [1.82, 2.24) is 35.8 Å². The Hall–Kier alpha value is -2.09. The number of aromatic nitrogens is 3. The SMILES string of the molecule is CC(C)(C)NC(=O)[C@@H]1CN(c2nc(N)nc(NCC3CCC(CNCCCNC4CCCCC4)CC3)n2)CCN1CCCP(=O)(O)O. The lowest BCUT2D eigenvalue weighted by Gasteiger charge is -2.41. The number of rotatable bonds is 16. The zero-order chi connectivity index (χ0) is 33.9. The van der Waals surface area contributed by atoms with Crippen LogP contribution in [0, 0.1) is 11.8 Å². The minimum atomic E-state index is -4.10. The maximum absolute atomic E-state index is 13.3. The minimum Gasteiger partial charge on any atom is -0.368 e. The van der Waals surface area contributed by atoms with Gasteiger partial charge in [-0.1, -0.05) is 19.3 Å². The first-order valence-corrected chi connectivity index (χ1v) is 19.7. The van der Waals surface area contributed by atoms with Crippen molar-refractivity contribution in [1.29, 1.82) is 0 Å². The quantitative estimate of drug-likeness (QED) is 0.0996. The molecular weight excluding hydrogens is 619 g/mol. The molecule has 47 heavy (non-hydrogen) atoms. The number of hydrogen-bond donors (Lipinski definition) is 7. The Balaban J connectivity index is 1.21. The van der Waals surface area contributed by atoms with E-state index >= 15 is 0 Å². The number of nitrogens with two attached hydrogens (primary N) is 1. The molecule has 0 radical (unpaired) electrons. The first-order valence-electron chi connectivity index (χ1n) is 17.9. The van der Waals surface area contributed by atoms with E-state index in [1.807, 2.05) is 30.6 Å². The molecule has 8 N–H and O–H groups in total. The largest absolute Gasteiger partial charge is 0.368 e. The molecule has 1 saturated heterocycles. The van der Waals surface area contributed by atoms with Gasteiger partial charge >= 0.3 is 7.60 Å². The number of nitrogens with one attached hydrogen (secondary N) is 4. The van der Waals surface area contributed by atoms with Gasteiger partial charge in [0.2, 0.25) is 23.8 Å². The Kier molecular flexibility index (Phi) is 14.5. The van der Waals surface area contributed by atoms with Crippen molar-refractivity contribution >= 4 is 31.3 Å². The predicted octanol–water partition coefficient (Wildman–Crippen LogP) is 2.55. The number of nitrogens with zero attached hydrogens (tertiary/aromatic N) is 5. The third kappa shape index (κ3) is 13.7. The van der Waals surface area contributed by atoms with E-state index in [2.05, 4.69) is 36.2 Å². The van der Waals surface area contributed by atoms with Crippen LogP contribution in [0.1, 0.15) is 91.4 Å². The highest BCUT2D eigenvalue weighted by Gasteiger charge is 2.35. The van der Waals surface area contributed by atoms with Crippen LogP contribution in [-0.2, 0) is 9.36 Å². The van der Waals surface area contributed by atoms with Crippen LogP contribution in [0.15, 0.2) is 0 Å². The number of piperazine rings is 1. The van der Waals surface area contributed by atoms with Gasteiger partial charge < -0.3 is 41.7 Å². The van der Waals surface area contributed by atoms with Crippen LogP contribution in [0.4, 0.5) is 17.8 Å². The fraction of sp³-hybridized carbons (Fsp3) is 0.875. The highest BCUT2D eigenvalue weighted by molar-refractivity contribution is 7.51. The smallest absolute Gasteiger partial charge is 0.325 e. The number of carbonyl (C=O) groups is 1. The molecule has 2 saturated carbocycles. The van der Waals surface area contributed by atoms with E-state index in [1.54, 1.807) is 0 Å². The summed E-state index contributed by atoms with van der Waals surface area (Å²) in [4.78, 5) is 49.3. The van der Waals surface area contributed by atoms with Gasteiger partial charge in [-0.3, -0.25) is 14.3 Å². The lowest BCUT2D eigenvalue weighted by Crippen LogP contribution is -2.61. The molecule has 0 spiro atoms. The summed E-state index contributed by atoms with van der Waals surface area (Å²) < 4.78 is 11.4. The highest BCUT2D eigenvalue weighted by atomic mass is 31.2. The van der Waals surface area contributed by atoms with E-state index < -0.39 is 19.2 Å². The average Bonchev–Trinajstić information content (AvgIpc) is 3.01. The summed E-state index contributed by atoms with van der Waals surface area (Å²) in [6.45, 7) is 11.7. The topological polar surface area (TPSA) is 194 Å². The van der Waals surface area contributed by atoms with E-state index in [0.29, 0.717) is 50.4 Å². The zero-order valence-corrected chi connectivity index (χ0v) is 29.8. The molecule has 2 aliphatic carbocycles. The van der Waals surface area contributed by atoms with Gasteiger partial charge in [0.15, 0.2) is 0 Å². The maximum atomic E-state index is 13.3. The van der Waals surface area contributed by atoms with Crippen LogP contribution < -0.4 is 31.9 Å². The molecule has 3 aliphatic rings.